The third-order valence-electron chi connectivity index (χ3n) is 3.92. The van der Waals surface area contributed by atoms with E-state index in [1.807, 2.05) is 4.90 Å². The van der Waals surface area contributed by atoms with E-state index >= 15 is 0 Å². The van der Waals surface area contributed by atoms with Crippen LogP contribution in [0.5, 0.6) is 0 Å². The molecule has 1 aliphatic heterocycles. The van der Waals surface area contributed by atoms with Crippen molar-refractivity contribution in [2.24, 2.45) is 11.7 Å². The van der Waals surface area contributed by atoms with E-state index in [1.165, 1.54) is 25.7 Å². The summed E-state index contributed by atoms with van der Waals surface area (Å²) in [4.78, 5) is 25.1. The molecular formula is C13H22N2O2S. The summed E-state index contributed by atoms with van der Waals surface area (Å²) < 4.78 is 0. The summed E-state index contributed by atoms with van der Waals surface area (Å²) in [5.74, 6) is 0.337. The molecule has 2 aliphatic rings. The second-order valence-electron chi connectivity index (χ2n) is 5.30. The number of carbonyl (C=O) groups is 2. The van der Waals surface area contributed by atoms with Crippen LogP contribution in [-0.4, -0.2) is 40.8 Å². The number of piperidine rings is 1. The van der Waals surface area contributed by atoms with Gasteiger partial charge in [-0.2, -0.15) is 0 Å². The first-order valence-corrected chi connectivity index (χ1v) is 7.90. The molecule has 5 heteroatoms. The van der Waals surface area contributed by atoms with Crippen molar-refractivity contribution >= 4 is 23.6 Å². The van der Waals surface area contributed by atoms with Gasteiger partial charge in [0, 0.05) is 18.3 Å². The quantitative estimate of drug-likeness (QED) is 0.839. The van der Waals surface area contributed by atoms with Crippen molar-refractivity contribution in [3.05, 3.63) is 0 Å². The van der Waals surface area contributed by atoms with Gasteiger partial charge in [0.15, 0.2) is 0 Å². The van der Waals surface area contributed by atoms with Crippen molar-refractivity contribution in [1.82, 2.24) is 4.90 Å². The second kappa shape index (κ2) is 6.45. The van der Waals surface area contributed by atoms with Crippen molar-refractivity contribution in [3.63, 3.8) is 0 Å². The van der Waals surface area contributed by atoms with E-state index in [9.17, 15) is 9.59 Å². The molecule has 0 unspecified atom stereocenters. The Hall–Kier alpha value is -0.710. The molecule has 0 spiro atoms. The number of hydrogen-bond donors (Lipinski definition) is 1. The van der Waals surface area contributed by atoms with E-state index in [2.05, 4.69) is 0 Å². The number of nitrogens with two attached hydrogens (primary N) is 1. The molecule has 2 amide bonds. The zero-order valence-electron chi connectivity index (χ0n) is 10.8. The van der Waals surface area contributed by atoms with Crippen LogP contribution in [-0.2, 0) is 9.59 Å². The van der Waals surface area contributed by atoms with Crippen molar-refractivity contribution in [3.8, 4) is 0 Å². The molecular weight excluding hydrogens is 248 g/mol. The fourth-order valence-electron chi connectivity index (χ4n) is 2.77. The molecule has 0 aromatic carbocycles. The van der Waals surface area contributed by atoms with E-state index in [1.54, 1.807) is 11.8 Å². The molecule has 0 aromatic heterocycles. The minimum absolute atomic E-state index is 0.140. The Kier molecular flexibility index (Phi) is 4.92. The zero-order valence-corrected chi connectivity index (χ0v) is 11.6. The monoisotopic (exact) mass is 270 g/mol. The van der Waals surface area contributed by atoms with Gasteiger partial charge >= 0.3 is 0 Å². The van der Waals surface area contributed by atoms with Gasteiger partial charge in [-0.1, -0.05) is 12.8 Å². The first-order chi connectivity index (χ1) is 8.66. The summed E-state index contributed by atoms with van der Waals surface area (Å²) in [5.41, 5.74) is 5.32. The molecule has 1 heterocycles. The summed E-state index contributed by atoms with van der Waals surface area (Å²) in [5, 5.41) is 0.672. The lowest BCUT2D eigenvalue weighted by Gasteiger charge is -2.31. The lowest BCUT2D eigenvalue weighted by Crippen LogP contribution is -2.44. The van der Waals surface area contributed by atoms with E-state index in [4.69, 9.17) is 5.73 Å². The highest BCUT2D eigenvalue weighted by Gasteiger charge is 2.27. The van der Waals surface area contributed by atoms with Gasteiger partial charge in [0.05, 0.1) is 11.7 Å². The van der Waals surface area contributed by atoms with Crippen LogP contribution in [0.1, 0.15) is 38.5 Å². The highest BCUT2D eigenvalue weighted by atomic mass is 32.2. The normalized spacial score (nSPS) is 25.3. The number of thioether (sulfide) groups is 1. The zero-order chi connectivity index (χ0) is 13.0. The minimum Gasteiger partial charge on any atom is -0.369 e. The first-order valence-electron chi connectivity index (χ1n) is 6.85. The molecule has 0 bridgehead atoms. The lowest BCUT2D eigenvalue weighted by molar-refractivity contribution is -0.132. The van der Waals surface area contributed by atoms with Crippen molar-refractivity contribution in [2.45, 2.75) is 43.8 Å². The first kappa shape index (κ1) is 13.7. The molecule has 1 atom stereocenters. The van der Waals surface area contributed by atoms with Gasteiger partial charge in [-0.3, -0.25) is 9.59 Å². The van der Waals surface area contributed by atoms with Gasteiger partial charge in [0.25, 0.3) is 0 Å². The number of rotatable bonds is 4. The second-order valence-corrected chi connectivity index (χ2v) is 6.59. The van der Waals surface area contributed by atoms with Gasteiger partial charge in [-0.25, -0.2) is 0 Å². The summed E-state index contributed by atoms with van der Waals surface area (Å²) in [6.45, 7) is 1.31. The third-order valence-corrected chi connectivity index (χ3v) is 5.28. The van der Waals surface area contributed by atoms with Gasteiger partial charge in [-0.05, 0) is 25.7 Å². The van der Waals surface area contributed by atoms with Crippen LogP contribution in [0.15, 0.2) is 0 Å². The Labute approximate surface area is 113 Å². The molecule has 102 valence electrons. The summed E-state index contributed by atoms with van der Waals surface area (Å²) in [6, 6.07) is 0. The molecule has 2 rings (SSSR count). The number of nitrogens with zero attached hydrogens (tertiary/aromatic N) is 1. The van der Waals surface area contributed by atoms with Gasteiger partial charge < -0.3 is 10.6 Å². The molecule has 1 saturated heterocycles. The van der Waals surface area contributed by atoms with Crippen LogP contribution in [0.25, 0.3) is 0 Å². The van der Waals surface area contributed by atoms with E-state index in [0.717, 1.165) is 19.4 Å². The molecule has 0 radical (unpaired) electrons. The molecule has 2 N–H and O–H groups in total. The van der Waals surface area contributed by atoms with Crippen LogP contribution in [0.2, 0.25) is 0 Å². The maximum absolute atomic E-state index is 12.1. The highest BCUT2D eigenvalue weighted by molar-refractivity contribution is 8.00. The predicted molar refractivity (Wildman–Crippen MR) is 73.2 cm³/mol. The fraction of sp³-hybridized carbons (Fsp3) is 0.846. The third kappa shape index (κ3) is 3.64. The highest BCUT2D eigenvalue weighted by Crippen LogP contribution is 2.29. The van der Waals surface area contributed by atoms with E-state index in [-0.39, 0.29) is 17.7 Å². The number of carbonyl (C=O) groups excluding carboxylic acids is 2. The average Bonchev–Trinajstić information content (AvgIpc) is 2.89. The van der Waals surface area contributed by atoms with Crippen LogP contribution < -0.4 is 5.73 Å². The topological polar surface area (TPSA) is 63.4 Å². The smallest absolute Gasteiger partial charge is 0.232 e. The van der Waals surface area contributed by atoms with Crippen LogP contribution in [0, 0.1) is 5.92 Å². The number of likely N-dealkylation sites (tertiary alicyclic amines) is 1. The molecule has 2 fully saturated rings. The van der Waals surface area contributed by atoms with Crippen LogP contribution in [0.4, 0.5) is 0 Å². The molecule has 4 nitrogen and oxygen atoms in total. The number of amides is 2. The Morgan fingerprint density at radius 1 is 1.17 bits per heavy atom. The largest absolute Gasteiger partial charge is 0.369 e. The van der Waals surface area contributed by atoms with Crippen molar-refractivity contribution in [1.29, 1.82) is 0 Å². The Balaban J connectivity index is 1.75. The Morgan fingerprint density at radius 3 is 2.56 bits per heavy atom. The standard InChI is InChI=1S/C13H22N2O2S/c14-13(17)10-4-3-7-15(8-10)12(16)9-18-11-5-1-2-6-11/h10-11H,1-9H2,(H2,14,17)/t10-/m1/s1. The van der Waals surface area contributed by atoms with Gasteiger partial charge in [0.2, 0.25) is 11.8 Å². The summed E-state index contributed by atoms with van der Waals surface area (Å²) >= 11 is 1.79. The maximum Gasteiger partial charge on any atom is 0.232 e. The lowest BCUT2D eigenvalue weighted by atomic mass is 9.97. The number of primary amides is 1. The molecule has 0 aromatic rings. The molecule has 1 saturated carbocycles. The Morgan fingerprint density at radius 2 is 1.89 bits per heavy atom. The van der Waals surface area contributed by atoms with Gasteiger partial charge in [0.1, 0.15) is 0 Å². The van der Waals surface area contributed by atoms with Crippen LogP contribution >= 0.6 is 11.8 Å². The van der Waals surface area contributed by atoms with Gasteiger partial charge in [-0.15, -0.1) is 11.8 Å². The summed E-state index contributed by atoms with van der Waals surface area (Å²) in [7, 11) is 0. The predicted octanol–water partition coefficient (Wildman–Crippen LogP) is 1.39. The Bertz CT molecular complexity index is 316. The summed E-state index contributed by atoms with van der Waals surface area (Å²) in [6.07, 6.45) is 6.84. The molecule has 1 aliphatic carbocycles. The SMILES string of the molecule is NC(=O)[C@@H]1CCCN(C(=O)CSC2CCCC2)C1. The van der Waals surface area contributed by atoms with Crippen molar-refractivity contribution < 1.29 is 9.59 Å². The van der Waals surface area contributed by atoms with E-state index < -0.39 is 0 Å². The fourth-order valence-corrected chi connectivity index (χ4v) is 4.00. The average molecular weight is 270 g/mol. The molecule has 18 heavy (non-hydrogen) atoms. The van der Waals surface area contributed by atoms with Crippen molar-refractivity contribution in [2.75, 3.05) is 18.8 Å². The number of hydrogen-bond acceptors (Lipinski definition) is 3. The maximum atomic E-state index is 12.1. The van der Waals surface area contributed by atoms with E-state index in [0.29, 0.717) is 17.5 Å². The van der Waals surface area contributed by atoms with Crippen LogP contribution in [0.3, 0.4) is 0 Å². The minimum atomic E-state index is -0.268.